The third kappa shape index (κ3) is 5.59. The molecule has 0 atom stereocenters. The zero-order chi connectivity index (χ0) is 15.1. The number of thioether (sulfide) groups is 2. The molecule has 0 aliphatic rings. The van der Waals surface area contributed by atoms with Crippen LogP contribution in [0, 0.1) is 6.92 Å². The summed E-state index contributed by atoms with van der Waals surface area (Å²) in [6, 6.07) is 9.99. The molecular formula is C16H20N2OS2. The lowest BCUT2D eigenvalue weighted by molar-refractivity contribution is 0.899. The number of H-pyrrole nitrogens is 1. The molecule has 0 unspecified atom stereocenters. The van der Waals surface area contributed by atoms with Gasteiger partial charge in [0.05, 0.1) is 5.69 Å². The Labute approximate surface area is 134 Å². The number of aromatic amines is 1. The summed E-state index contributed by atoms with van der Waals surface area (Å²) in [6.45, 7) is 4.24. The summed E-state index contributed by atoms with van der Waals surface area (Å²) >= 11 is 3.39. The van der Waals surface area contributed by atoms with Gasteiger partial charge in [0.25, 0.3) is 5.56 Å². The normalized spacial score (nSPS) is 10.8. The highest BCUT2D eigenvalue weighted by Gasteiger charge is 2.03. The molecule has 21 heavy (non-hydrogen) atoms. The van der Waals surface area contributed by atoms with Gasteiger partial charge in [-0.2, -0.15) is 11.8 Å². The van der Waals surface area contributed by atoms with Crippen molar-refractivity contribution >= 4 is 23.5 Å². The number of aromatic nitrogens is 2. The first-order valence-corrected chi connectivity index (χ1v) is 9.17. The first-order chi connectivity index (χ1) is 10.2. The van der Waals surface area contributed by atoms with Crippen LogP contribution in [0.2, 0.25) is 0 Å². The zero-order valence-corrected chi connectivity index (χ0v) is 14.0. The minimum absolute atomic E-state index is 0.0659. The molecule has 0 saturated heterocycles. The molecule has 0 bridgehead atoms. The molecule has 0 amide bonds. The van der Waals surface area contributed by atoms with Crippen molar-refractivity contribution in [3.8, 4) is 0 Å². The summed E-state index contributed by atoms with van der Waals surface area (Å²) in [5, 5.41) is 0.705. The molecule has 5 heteroatoms. The number of rotatable bonds is 7. The second-order valence-electron chi connectivity index (χ2n) is 4.87. The van der Waals surface area contributed by atoms with E-state index in [2.05, 4.69) is 48.1 Å². The molecule has 112 valence electrons. The number of aryl methyl sites for hydroxylation is 1. The molecule has 1 aromatic heterocycles. The Hall–Kier alpha value is -1.20. The van der Waals surface area contributed by atoms with Crippen LogP contribution in [0.4, 0.5) is 0 Å². The number of hydrogen-bond acceptors (Lipinski definition) is 4. The van der Waals surface area contributed by atoms with Gasteiger partial charge in [-0.05, 0) is 24.7 Å². The van der Waals surface area contributed by atoms with Crippen molar-refractivity contribution in [3.63, 3.8) is 0 Å². The van der Waals surface area contributed by atoms with Gasteiger partial charge in [0.15, 0.2) is 5.16 Å². The van der Waals surface area contributed by atoms with Crippen LogP contribution in [-0.4, -0.2) is 15.7 Å². The lowest BCUT2D eigenvalue weighted by Gasteiger charge is -2.05. The molecule has 2 aromatic rings. The first-order valence-electron chi connectivity index (χ1n) is 7.03. The molecule has 0 aliphatic heterocycles. The summed E-state index contributed by atoms with van der Waals surface area (Å²) in [4.78, 5) is 19.0. The van der Waals surface area contributed by atoms with Crippen LogP contribution in [0.3, 0.4) is 0 Å². The minimum Gasteiger partial charge on any atom is -0.301 e. The van der Waals surface area contributed by atoms with E-state index in [9.17, 15) is 4.79 Å². The lowest BCUT2D eigenvalue weighted by atomic mass is 10.2. The van der Waals surface area contributed by atoms with Gasteiger partial charge in [0.1, 0.15) is 0 Å². The number of benzene rings is 1. The van der Waals surface area contributed by atoms with E-state index >= 15 is 0 Å². The van der Waals surface area contributed by atoms with E-state index in [1.807, 2.05) is 11.8 Å². The second kappa shape index (κ2) is 8.29. The van der Waals surface area contributed by atoms with Crippen LogP contribution in [0.25, 0.3) is 0 Å². The van der Waals surface area contributed by atoms with E-state index in [0.717, 1.165) is 29.4 Å². The van der Waals surface area contributed by atoms with Crippen molar-refractivity contribution < 1.29 is 0 Å². The van der Waals surface area contributed by atoms with Gasteiger partial charge in [-0.3, -0.25) is 4.79 Å². The standard InChI is InChI=1S/C16H20N2OS2/c1-3-7-20-11-14-9-15(19)18-16(17-14)21-10-13-6-4-5-12(2)8-13/h4-6,8-9H,3,7,10-11H2,1-2H3,(H,17,18,19). The highest BCUT2D eigenvalue weighted by atomic mass is 32.2. The van der Waals surface area contributed by atoms with Gasteiger partial charge in [-0.1, -0.05) is 48.5 Å². The van der Waals surface area contributed by atoms with E-state index in [0.29, 0.717) is 5.16 Å². The van der Waals surface area contributed by atoms with E-state index in [1.165, 1.54) is 11.1 Å². The van der Waals surface area contributed by atoms with Gasteiger partial charge in [0, 0.05) is 17.6 Å². The molecule has 0 radical (unpaired) electrons. The van der Waals surface area contributed by atoms with E-state index in [4.69, 9.17) is 0 Å². The number of hydrogen-bond donors (Lipinski definition) is 1. The maximum atomic E-state index is 11.7. The summed E-state index contributed by atoms with van der Waals surface area (Å²) in [5.41, 5.74) is 3.29. The van der Waals surface area contributed by atoms with Crippen LogP contribution in [-0.2, 0) is 11.5 Å². The first kappa shape index (κ1) is 16.2. The molecule has 2 rings (SSSR count). The largest absolute Gasteiger partial charge is 0.301 e. The predicted octanol–water partition coefficient (Wildman–Crippen LogP) is 4.01. The Kier molecular flexibility index (Phi) is 6.39. The highest BCUT2D eigenvalue weighted by molar-refractivity contribution is 7.98. The molecule has 0 spiro atoms. The smallest absolute Gasteiger partial charge is 0.251 e. The zero-order valence-electron chi connectivity index (χ0n) is 12.4. The molecule has 3 nitrogen and oxygen atoms in total. The Morgan fingerprint density at radius 2 is 2.10 bits per heavy atom. The summed E-state index contributed by atoms with van der Waals surface area (Å²) in [7, 11) is 0. The fourth-order valence-corrected chi connectivity index (χ4v) is 3.53. The van der Waals surface area contributed by atoms with Crippen LogP contribution < -0.4 is 5.56 Å². The Balaban J connectivity index is 2.00. The van der Waals surface area contributed by atoms with Crippen molar-refractivity contribution in [3.05, 3.63) is 57.5 Å². The fraction of sp³-hybridized carbons (Fsp3) is 0.375. The lowest BCUT2D eigenvalue weighted by Crippen LogP contribution is -2.09. The molecule has 0 aliphatic carbocycles. The van der Waals surface area contributed by atoms with Crippen LogP contribution >= 0.6 is 23.5 Å². The summed E-state index contributed by atoms with van der Waals surface area (Å²) in [5.74, 6) is 2.71. The topological polar surface area (TPSA) is 45.8 Å². The van der Waals surface area contributed by atoms with Crippen LogP contribution in [0.15, 0.2) is 40.3 Å². The molecule has 1 aromatic carbocycles. The molecule has 1 heterocycles. The van der Waals surface area contributed by atoms with Crippen LogP contribution in [0.5, 0.6) is 0 Å². The third-order valence-electron chi connectivity index (χ3n) is 2.83. The Morgan fingerprint density at radius 1 is 1.24 bits per heavy atom. The van der Waals surface area contributed by atoms with Crippen molar-refractivity contribution in [2.75, 3.05) is 5.75 Å². The predicted molar refractivity (Wildman–Crippen MR) is 92.1 cm³/mol. The molecular weight excluding hydrogens is 300 g/mol. The summed E-state index contributed by atoms with van der Waals surface area (Å²) in [6.07, 6.45) is 1.14. The van der Waals surface area contributed by atoms with Crippen molar-refractivity contribution in [1.82, 2.24) is 9.97 Å². The van der Waals surface area contributed by atoms with Gasteiger partial charge in [-0.15, -0.1) is 0 Å². The maximum Gasteiger partial charge on any atom is 0.251 e. The monoisotopic (exact) mass is 320 g/mol. The average molecular weight is 320 g/mol. The van der Waals surface area contributed by atoms with E-state index < -0.39 is 0 Å². The fourth-order valence-electron chi connectivity index (χ4n) is 1.90. The van der Waals surface area contributed by atoms with Crippen molar-refractivity contribution in [1.29, 1.82) is 0 Å². The Morgan fingerprint density at radius 3 is 2.86 bits per heavy atom. The van der Waals surface area contributed by atoms with Gasteiger partial charge in [0.2, 0.25) is 0 Å². The van der Waals surface area contributed by atoms with Gasteiger partial charge >= 0.3 is 0 Å². The molecule has 0 saturated carbocycles. The highest BCUT2D eigenvalue weighted by Crippen LogP contribution is 2.20. The number of nitrogens with zero attached hydrogens (tertiary/aromatic N) is 1. The van der Waals surface area contributed by atoms with Crippen LogP contribution in [0.1, 0.15) is 30.2 Å². The van der Waals surface area contributed by atoms with E-state index in [1.54, 1.807) is 17.8 Å². The molecule has 0 fully saturated rings. The van der Waals surface area contributed by atoms with Crippen molar-refractivity contribution in [2.24, 2.45) is 0 Å². The maximum absolute atomic E-state index is 11.7. The minimum atomic E-state index is -0.0659. The number of nitrogens with one attached hydrogen (secondary N) is 1. The second-order valence-corrected chi connectivity index (χ2v) is 6.94. The Bertz CT molecular complexity index is 640. The van der Waals surface area contributed by atoms with Gasteiger partial charge < -0.3 is 4.98 Å². The summed E-state index contributed by atoms with van der Waals surface area (Å²) < 4.78 is 0. The molecule has 1 N–H and O–H groups in total. The van der Waals surface area contributed by atoms with Gasteiger partial charge in [-0.25, -0.2) is 4.98 Å². The third-order valence-corrected chi connectivity index (χ3v) is 4.97. The quantitative estimate of drug-likeness (QED) is 0.475. The SMILES string of the molecule is CCCSCc1cc(=O)[nH]c(SCc2cccc(C)c2)n1. The van der Waals surface area contributed by atoms with Crippen molar-refractivity contribution in [2.45, 2.75) is 36.9 Å². The van der Waals surface area contributed by atoms with E-state index in [-0.39, 0.29) is 5.56 Å². The average Bonchev–Trinajstić information content (AvgIpc) is 2.45.